The number of rotatable bonds is 14. The molecule has 1 aromatic carbocycles. The number of aryl methyl sites for hydroxylation is 1. The molecule has 0 radical (unpaired) electrons. The Balaban J connectivity index is 2.17. The predicted octanol–water partition coefficient (Wildman–Crippen LogP) is 1.22. The van der Waals surface area contributed by atoms with Crippen molar-refractivity contribution in [3.8, 4) is 17.2 Å². The molecule has 1 aromatic heterocycles. The molecule has 2 atom stereocenters. The predicted molar refractivity (Wildman–Crippen MR) is 134 cm³/mol. The molecular formula is C25H35N5O7. The lowest BCUT2D eigenvalue weighted by Gasteiger charge is -2.25. The Labute approximate surface area is 215 Å². The second kappa shape index (κ2) is 13.5. The van der Waals surface area contributed by atoms with Gasteiger partial charge in [-0.25, -0.2) is 0 Å². The second-order valence-electron chi connectivity index (χ2n) is 9.10. The van der Waals surface area contributed by atoms with Crippen LogP contribution >= 0.6 is 0 Å². The van der Waals surface area contributed by atoms with Gasteiger partial charge in [-0.2, -0.15) is 4.98 Å². The molecule has 0 bridgehead atoms. The first kappa shape index (κ1) is 29.4. The number of benzene rings is 1. The first-order valence-corrected chi connectivity index (χ1v) is 12.0. The van der Waals surface area contributed by atoms with E-state index in [1.807, 2.05) is 6.92 Å². The van der Waals surface area contributed by atoms with Gasteiger partial charge >= 0.3 is 5.97 Å². The van der Waals surface area contributed by atoms with Crippen molar-refractivity contribution >= 4 is 23.6 Å². The number of nitrogens with zero attached hydrogens (tertiary/aromatic N) is 3. The van der Waals surface area contributed by atoms with Crippen LogP contribution in [-0.4, -0.2) is 83.0 Å². The van der Waals surface area contributed by atoms with Crippen LogP contribution in [0.25, 0.3) is 11.5 Å². The number of hydrogen-bond acceptors (Lipinski definition) is 9. The van der Waals surface area contributed by atoms with Crippen LogP contribution in [0, 0.1) is 12.8 Å². The summed E-state index contributed by atoms with van der Waals surface area (Å²) in [7, 11) is 3.20. The topological polar surface area (TPSA) is 164 Å². The fourth-order valence-corrected chi connectivity index (χ4v) is 3.57. The number of nitrogens with one attached hydrogen (secondary N) is 2. The third kappa shape index (κ3) is 8.67. The van der Waals surface area contributed by atoms with E-state index in [1.54, 1.807) is 50.9 Å². The monoisotopic (exact) mass is 517 g/mol. The smallest absolute Gasteiger partial charge is 0.305 e. The number of aliphatic carboxylic acids is 1. The molecule has 0 fully saturated rings. The molecule has 2 aromatic rings. The molecule has 3 N–H and O–H groups in total. The van der Waals surface area contributed by atoms with Crippen LogP contribution < -0.4 is 15.4 Å². The lowest BCUT2D eigenvalue weighted by molar-refractivity contribution is -0.141. The van der Waals surface area contributed by atoms with Gasteiger partial charge in [0.15, 0.2) is 11.6 Å². The molecule has 12 nitrogen and oxygen atoms in total. The number of ketones is 1. The van der Waals surface area contributed by atoms with Crippen LogP contribution in [0.4, 0.5) is 0 Å². The zero-order chi connectivity index (χ0) is 27.7. The Morgan fingerprint density at radius 1 is 1.19 bits per heavy atom. The average molecular weight is 518 g/mol. The van der Waals surface area contributed by atoms with Crippen molar-refractivity contribution in [2.45, 2.75) is 52.6 Å². The minimum atomic E-state index is -1.22. The van der Waals surface area contributed by atoms with E-state index in [-0.39, 0.29) is 18.9 Å². The molecule has 1 unspecified atom stereocenters. The Kier molecular flexibility index (Phi) is 10.7. The maximum Gasteiger partial charge on any atom is 0.305 e. The Hall–Kier alpha value is -3.80. The van der Waals surface area contributed by atoms with E-state index >= 15 is 0 Å². The van der Waals surface area contributed by atoms with Crippen molar-refractivity contribution < 1.29 is 33.5 Å². The van der Waals surface area contributed by atoms with Crippen molar-refractivity contribution in [2.75, 3.05) is 27.2 Å². The van der Waals surface area contributed by atoms with Gasteiger partial charge in [0, 0.05) is 11.1 Å². The van der Waals surface area contributed by atoms with E-state index in [9.17, 15) is 24.3 Å². The number of aromatic nitrogens is 2. The van der Waals surface area contributed by atoms with Gasteiger partial charge in [-0.1, -0.05) is 25.9 Å². The number of carbonyl (C=O) groups excluding carboxylic acids is 3. The van der Waals surface area contributed by atoms with Gasteiger partial charge in [0.2, 0.25) is 11.8 Å². The molecule has 0 aliphatic carbocycles. The summed E-state index contributed by atoms with van der Waals surface area (Å²) in [6.07, 6.45) is -0.667. The van der Waals surface area contributed by atoms with E-state index in [0.29, 0.717) is 35.1 Å². The number of carboxylic acids is 1. The maximum atomic E-state index is 13.1. The van der Waals surface area contributed by atoms with Gasteiger partial charge in [-0.05, 0) is 44.6 Å². The summed E-state index contributed by atoms with van der Waals surface area (Å²) in [6.45, 7) is 7.60. The van der Waals surface area contributed by atoms with Gasteiger partial charge in [0.25, 0.3) is 5.89 Å². The molecule has 2 rings (SSSR count). The number of likely N-dealkylation sites (N-methyl/N-ethyl adjacent to an activating group) is 1. The average Bonchev–Trinajstić information content (AvgIpc) is 3.27. The van der Waals surface area contributed by atoms with Crippen LogP contribution in [0.2, 0.25) is 0 Å². The summed E-state index contributed by atoms with van der Waals surface area (Å²) in [5.74, 6) is -1.84. The van der Waals surface area contributed by atoms with Crippen LogP contribution in [-0.2, 0) is 25.6 Å². The van der Waals surface area contributed by atoms with Crippen LogP contribution in [0.15, 0.2) is 22.7 Å². The Morgan fingerprint density at radius 3 is 2.43 bits per heavy atom. The molecule has 202 valence electrons. The van der Waals surface area contributed by atoms with Gasteiger partial charge < -0.3 is 25.0 Å². The summed E-state index contributed by atoms with van der Waals surface area (Å²) in [5.41, 5.74) is 1.15. The molecule has 0 saturated carbocycles. The minimum absolute atomic E-state index is 0.0108. The summed E-state index contributed by atoms with van der Waals surface area (Å²) < 4.78 is 10.6. The Morgan fingerprint density at radius 2 is 1.89 bits per heavy atom. The third-order valence-corrected chi connectivity index (χ3v) is 5.72. The number of Topliss-reactive ketones (excluding diaryl/α,β-unsaturated/α-hetero) is 1. The highest BCUT2D eigenvalue weighted by atomic mass is 16.5. The number of methoxy groups -OCH3 is 1. The van der Waals surface area contributed by atoms with Gasteiger partial charge in [0.05, 0.1) is 32.5 Å². The largest absolute Gasteiger partial charge is 0.496 e. The van der Waals surface area contributed by atoms with E-state index in [4.69, 9.17) is 9.26 Å². The minimum Gasteiger partial charge on any atom is -0.496 e. The highest BCUT2D eigenvalue weighted by Gasteiger charge is 2.30. The van der Waals surface area contributed by atoms with Gasteiger partial charge in [-0.3, -0.25) is 24.1 Å². The van der Waals surface area contributed by atoms with Crippen LogP contribution in [0.5, 0.6) is 5.75 Å². The first-order chi connectivity index (χ1) is 17.4. The molecule has 0 aliphatic rings. The molecule has 1 heterocycles. The van der Waals surface area contributed by atoms with E-state index < -0.39 is 42.1 Å². The van der Waals surface area contributed by atoms with Crippen LogP contribution in [0.3, 0.4) is 0 Å². The van der Waals surface area contributed by atoms with Crippen molar-refractivity contribution in [3.05, 3.63) is 29.6 Å². The molecule has 0 aliphatic heterocycles. The highest BCUT2D eigenvalue weighted by molar-refractivity contribution is 5.95. The number of carbonyl (C=O) groups is 4. The molecule has 2 amide bonds. The zero-order valence-electron chi connectivity index (χ0n) is 22.0. The second-order valence-corrected chi connectivity index (χ2v) is 9.10. The first-order valence-electron chi connectivity index (χ1n) is 12.0. The maximum absolute atomic E-state index is 13.1. The number of hydrogen-bond donors (Lipinski definition) is 3. The summed E-state index contributed by atoms with van der Waals surface area (Å²) in [5, 5.41) is 18.2. The Bertz CT molecular complexity index is 1110. The zero-order valence-corrected chi connectivity index (χ0v) is 22.0. The lowest BCUT2D eigenvalue weighted by atomic mass is 10.0. The van der Waals surface area contributed by atoms with E-state index in [0.717, 1.165) is 0 Å². The standard InChI is InChI=1S/C25H35N5O7/c1-7-30(5)13-19(31)18(12-22(33)34)27-24(35)23(14(2)3)28-21(32)11-17-10-16(8-9-20(17)36-6)25-26-15(4)29-37-25/h8-10,14,18,23H,7,11-13H2,1-6H3,(H,27,35)(H,28,32)(H,33,34)/t18?,23-/m0/s1. The van der Waals surface area contributed by atoms with Crippen molar-refractivity contribution in [3.63, 3.8) is 0 Å². The van der Waals surface area contributed by atoms with E-state index in [2.05, 4.69) is 20.8 Å². The third-order valence-electron chi connectivity index (χ3n) is 5.72. The van der Waals surface area contributed by atoms with Crippen molar-refractivity contribution in [1.82, 2.24) is 25.7 Å². The molecule has 12 heteroatoms. The van der Waals surface area contributed by atoms with Crippen molar-refractivity contribution in [1.29, 1.82) is 0 Å². The fourth-order valence-electron chi connectivity index (χ4n) is 3.57. The SMILES string of the molecule is CCN(C)CC(=O)C(CC(=O)O)NC(=O)[C@@H](NC(=O)Cc1cc(-c2nc(C)no2)ccc1OC)C(C)C. The number of ether oxygens (including phenoxy) is 1. The number of carboxylic acid groups (broad SMARTS) is 1. The summed E-state index contributed by atoms with van der Waals surface area (Å²) in [4.78, 5) is 55.9. The molecule has 0 saturated heterocycles. The molecular weight excluding hydrogens is 482 g/mol. The van der Waals surface area contributed by atoms with Crippen molar-refractivity contribution in [2.24, 2.45) is 5.92 Å². The summed E-state index contributed by atoms with van der Waals surface area (Å²) in [6, 6.07) is 2.90. The lowest BCUT2D eigenvalue weighted by Crippen LogP contribution is -2.55. The van der Waals surface area contributed by atoms with Gasteiger partial charge in [-0.15, -0.1) is 0 Å². The fraction of sp³-hybridized carbons (Fsp3) is 0.520. The number of amides is 2. The quantitative estimate of drug-likeness (QED) is 0.332. The molecule has 37 heavy (non-hydrogen) atoms. The van der Waals surface area contributed by atoms with Crippen LogP contribution in [0.1, 0.15) is 38.6 Å². The highest BCUT2D eigenvalue weighted by Crippen LogP contribution is 2.26. The normalized spacial score (nSPS) is 12.8. The molecule has 0 spiro atoms. The van der Waals surface area contributed by atoms with E-state index in [1.165, 1.54) is 7.11 Å². The summed E-state index contributed by atoms with van der Waals surface area (Å²) >= 11 is 0. The van der Waals surface area contributed by atoms with Gasteiger partial charge in [0.1, 0.15) is 11.8 Å².